The van der Waals surface area contributed by atoms with Gasteiger partial charge in [-0.25, -0.2) is 14.4 Å². The lowest BCUT2D eigenvalue weighted by molar-refractivity contribution is -0.186. The van der Waals surface area contributed by atoms with Gasteiger partial charge in [-0.2, -0.15) is 8.78 Å². The molecule has 0 bridgehead atoms. The van der Waals surface area contributed by atoms with Crippen LogP contribution < -0.4 is 10.1 Å². The Morgan fingerprint density at radius 1 is 1.28 bits per heavy atom. The molecule has 0 saturated heterocycles. The van der Waals surface area contributed by atoms with Crippen LogP contribution in [0.5, 0.6) is 5.75 Å². The van der Waals surface area contributed by atoms with Crippen molar-refractivity contribution in [2.75, 3.05) is 12.0 Å². The van der Waals surface area contributed by atoms with E-state index in [2.05, 4.69) is 20.0 Å². The van der Waals surface area contributed by atoms with Crippen molar-refractivity contribution in [2.45, 2.75) is 6.11 Å². The van der Waals surface area contributed by atoms with Crippen molar-refractivity contribution in [3.05, 3.63) is 65.9 Å². The first-order valence-electron chi connectivity index (χ1n) is 8.37. The fraction of sp³-hybridized carbons (Fsp3) is 0.105. The van der Waals surface area contributed by atoms with Crippen LogP contribution >= 0.6 is 11.3 Å². The summed E-state index contributed by atoms with van der Waals surface area (Å²) in [7, 11) is 0. The first kappa shape index (κ1) is 18.9. The van der Waals surface area contributed by atoms with Crippen LogP contribution in [0.25, 0.3) is 16.9 Å². The van der Waals surface area contributed by atoms with Gasteiger partial charge in [0.25, 0.3) is 5.91 Å². The molecule has 6 nitrogen and oxygen atoms in total. The molecule has 0 saturated carbocycles. The van der Waals surface area contributed by atoms with Gasteiger partial charge in [0.05, 0.1) is 11.3 Å². The molecule has 1 amide bonds. The van der Waals surface area contributed by atoms with E-state index in [0.717, 1.165) is 0 Å². The maximum Gasteiger partial charge on any atom is 0.427 e. The highest BCUT2D eigenvalue weighted by atomic mass is 32.1. The third-order valence-electron chi connectivity index (χ3n) is 3.93. The number of nitrogens with one attached hydrogen (secondary N) is 1. The summed E-state index contributed by atoms with van der Waals surface area (Å²) in [6.07, 6.45) is 1.04. The number of benzene rings is 1. The van der Waals surface area contributed by atoms with Crippen molar-refractivity contribution in [1.82, 2.24) is 14.4 Å². The Balaban J connectivity index is 1.67. The lowest BCUT2D eigenvalue weighted by Gasteiger charge is -2.14. The van der Waals surface area contributed by atoms with E-state index in [1.807, 2.05) is 0 Å². The number of hydrogen-bond acceptors (Lipinski definition) is 5. The van der Waals surface area contributed by atoms with Gasteiger partial charge >= 0.3 is 6.11 Å². The van der Waals surface area contributed by atoms with E-state index in [-0.39, 0.29) is 11.7 Å². The van der Waals surface area contributed by atoms with Gasteiger partial charge in [0.1, 0.15) is 11.4 Å². The molecule has 0 aliphatic heterocycles. The first-order chi connectivity index (χ1) is 13.9. The second-order valence-electron chi connectivity index (χ2n) is 5.97. The number of hydrogen-bond donors (Lipinski definition) is 1. The molecule has 29 heavy (non-hydrogen) atoms. The largest absolute Gasteiger partial charge is 0.431 e. The van der Waals surface area contributed by atoms with E-state index >= 15 is 0 Å². The van der Waals surface area contributed by atoms with Gasteiger partial charge in [0.2, 0.25) is 0 Å². The fourth-order valence-corrected chi connectivity index (χ4v) is 3.22. The zero-order valence-corrected chi connectivity index (χ0v) is 15.5. The number of halogens is 3. The number of carbonyl (C=O) groups is 1. The maximum atomic E-state index is 13.2. The number of fused-ring (bicyclic) bond motifs is 1. The number of nitrogens with zero attached hydrogens (tertiary/aromatic N) is 3. The summed E-state index contributed by atoms with van der Waals surface area (Å²) in [6, 6.07) is 9.10. The van der Waals surface area contributed by atoms with E-state index in [0.29, 0.717) is 27.6 Å². The van der Waals surface area contributed by atoms with Gasteiger partial charge in [-0.3, -0.25) is 10.1 Å². The number of ether oxygens (including phenoxy) is 1. The predicted octanol–water partition coefficient (Wildman–Crippen LogP) is 4.65. The number of aromatic nitrogens is 3. The fourth-order valence-electron chi connectivity index (χ4n) is 2.70. The normalized spacial score (nSPS) is 11.6. The van der Waals surface area contributed by atoms with E-state index in [1.165, 1.54) is 29.5 Å². The van der Waals surface area contributed by atoms with Crippen molar-refractivity contribution in [3.63, 3.8) is 0 Å². The molecule has 0 fully saturated rings. The molecule has 148 valence electrons. The molecule has 0 atom stereocenters. The van der Waals surface area contributed by atoms with Crippen LogP contribution in [0, 0.1) is 0 Å². The minimum atomic E-state index is -3.90. The number of amides is 1. The van der Waals surface area contributed by atoms with Gasteiger partial charge in [-0.15, -0.1) is 11.3 Å². The zero-order chi connectivity index (χ0) is 20.4. The number of carbonyl (C=O) groups excluding carboxylic acids is 1. The SMILES string of the molecule is O=C(Nc1nccs1)c1cccn2cc(-c3cccc(OC(F)(F)CF)c3)nc12. The quantitative estimate of drug-likeness (QED) is 0.495. The molecule has 4 aromatic rings. The predicted molar refractivity (Wildman–Crippen MR) is 102 cm³/mol. The topological polar surface area (TPSA) is 68.5 Å². The highest BCUT2D eigenvalue weighted by Gasteiger charge is 2.31. The van der Waals surface area contributed by atoms with Gasteiger partial charge in [-0.05, 0) is 24.3 Å². The third kappa shape index (κ3) is 4.06. The van der Waals surface area contributed by atoms with Crippen molar-refractivity contribution < 1.29 is 22.7 Å². The summed E-state index contributed by atoms with van der Waals surface area (Å²) in [5, 5.41) is 4.90. The van der Waals surface area contributed by atoms with E-state index in [1.54, 1.807) is 46.6 Å². The van der Waals surface area contributed by atoms with Crippen molar-refractivity contribution in [1.29, 1.82) is 0 Å². The van der Waals surface area contributed by atoms with Gasteiger partial charge in [0, 0.05) is 29.5 Å². The highest BCUT2D eigenvalue weighted by Crippen LogP contribution is 2.28. The van der Waals surface area contributed by atoms with Gasteiger partial charge in [0.15, 0.2) is 11.8 Å². The van der Waals surface area contributed by atoms with E-state index < -0.39 is 12.8 Å². The number of pyridine rings is 1. The van der Waals surface area contributed by atoms with E-state index in [4.69, 9.17) is 0 Å². The minimum absolute atomic E-state index is 0.191. The summed E-state index contributed by atoms with van der Waals surface area (Å²) in [5.74, 6) is -0.564. The van der Waals surface area contributed by atoms with Gasteiger partial charge < -0.3 is 9.14 Å². The molecule has 0 unspecified atom stereocenters. The summed E-state index contributed by atoms with van der Waals surface area (Å²) < 4.78 is 44.7. The highest BCUT2D eigenvalue weighted by molar-refractivity contribution is 7.13. The molecule has 0 spiro atoms. The molecule has 1 N–H and O–H groups in total. The van der Waals surface area contributed by atoms with Crippen LogP contribution in [0.2, 0.25) is 0 Å². The standard InChI is InChI=1S/C19H13F3N4O2S/c20-11-19(21,22)28-13-4-1-3-12(9-13)15-10-26-7-2-5-14(16(26)24-15)17(27)25-18-23-6-8-29-18/h1-10H,11H2,(H,23,25,27). The Kier molecular flexibility index (Phi) is 4.93. The van der Waals surface area contributed by atoms with Crippen molar-refractivity contribution in [2.24, 2.45) is 0 Å². The van der Waals surface area contributed by atoms with Crippen LogP contribution in [0.15, 0.2) is 60.4 Å². The molecule has 10 heteroatoms. The molecule has 0 aliphatic carbocycles. The Labute approximate surface area is 166 Å². The molecule has 0 aliphatic rings. The lowest BCUT2D eigenvalue weighted by Crippen LogP contribution is -2.26. The number of thiazole rings is 1. The zero-order valence-electron chi connectivity index (χ0n) is 14.7. The smallest absolute Gasteiger partial charge is 0.427 e. The van der Waals surface area contributed by atoms with Crippen LogP contribution in [0.3, 0.4) is 0 Å². The Morgan fingerprint density at radius 2 is 2.14 bits per heavy atom. The van der Waals surface area contributed by atoms with Crippen molar-refractivity contribution >= 4 is 28.0 Å². The number of rotatable bonds is 6. The third-order valence-corrected chi connectivity index (χ3v) is 4.62. The number of alkyl halides is 3. The monoisotopic (exact) mass is 418 g/mol. The summed E-state index contributed by atoms with van der Waals surface area (Å²) >= 11 is 1.29. The molecular formula is C19H13F3N4O2S. The molecule has 4 rings (SSSR count). The van der Waals surface area contributed by atoms with Crippen molar-refractivity contribution in [3.8, 4) is 17.0 Å². The van der Waals surface area contributed by atoms with Crippen LogP contribution in [-0.2, 0) is 0 Å². The molecule has 3 heterocycles. The molecule has 0 radical (unpaired) electrons. The summed E-state index contributed by atoms with van der Waals surface area (Å²) in [6.45, 7) is -1.93. The molecule has 3 aromatic heterocycles. The average Bonchev–Trinajstić information content (AvgIpc) is 3.37. The number of imidazole rings is 1. The van der Waals surface area contributed by atoms with Gasteiger partial charge in [-0.1, -0.05) is 12.1 Å². The minimum Gasteiger partial charge on any atom is -0.431 e. The lowest BCUT2D eigenvalue weighted by atomic mass is 10.1. The van der Waals surface area contributed by atoms with Crippen LogP contribution in [0.4, 0.5) is 18.3 Å². The Hall–Kier alpha value is -3.40. The maximum absolute atomic E-state index is 13.2. The van der Waals surface area contributed by atoms with E-state index in [9.17, 15) is 18.0 Å². The second-order valence-corrected chi connectivity index (χ2v) is 6.87. The van der Waals surface area contributed by atoms with Crippen LogP contribution in [-0.4, -0.2) is 33.1 Å². The second kappa shape index (κ2) is 7.55. The molecule has 1 aromatic carbocycles. The number of anilines is 1. The van der Waals surface area contributed by atoms with Crippen LogP contribution in [0.1, 0.15) is 10.4 Å². The average molecular weight is 418 g/mol. The molecular weight excluding hydrogens is 405 g/mol. The summed E-state index contributed by atoms with van der Waals surface area (Å²) in [5.41, 5.74) is 1.63. The Bertz CT molecular complexity index is 1160. The summed E-state index contributed by atoms with van der Waals surface area (Å²) in [4.78, 5) is 21.1. The Morgan fingerprint density at radius 3 is 2.90 bits per heavy atom. The first-order valence-corrected chi connectivity index (χ1v) is 9.25.